The Hall–Kier alpha value is -7.84. The van der Waals surface area contributed by atoms with Crippen LogP contribution in [-0.4, -0.2) is 24.1 Å². The number of hydrogen-bond donors (Lipinski definition) is 0. The van der Waals surface area contributed by atoms with Gasteiger partial charge in [-0.15, -0.1) is 11.3 Å². The van der Waals surface area contributed by atoms with Crippen LogP contribution in [-0.2, 0) is 0 Å². The molecule has 0 fully saturated rings. The summed E-state index contributed by atoms with van der Waals surface area (Å²) in [5.41, 5.74) is 10.9. The molecule has 14 rings (SSSR count). The maximum atomic E-state index is 5.32. The van der Waals surface area contributed by atoms with Crippen LogP contribution in [0.1, 0.15) is 0 Å². The summed E-state index contributed by atoms with van der Waals surface area (Å²) >= 11 is 3.69. The highest BCUT2D eigenvalue weighted by Gasteiger charge is 2.28. The van der Waals surface area contributed by atoms with Crippen LogP contribution in [0.3, 0.4) is 0 Å². The van der Waals surface area contributed by atoms with E-state index < -0.39 is 0 Å². The second-order valence-electron chi connectivity index (χ2n) is 16.4. The zero-order valence-corrected chi connectivity index (χ0v) is 35.7. The highest BCUT2D eigenvalue weighted by Crippen LogP contribution is 2.49. The lowest BCUT2D eigenvalue weighted by Gasteiger charge is -2.21. The smallest absolute Gasteiger partial charge is 0.164 e. The Labute approximate surface area is 375 Å². The Morgan fingerprint density at radius 3 is 1.95 bits per heavy atom. The van der Waals surface area contributed by atoms with E-state index in [1.165, 1.54) is 57.3 Å². The molecular formula is C57H33N5S2. The van der Waals surface area contributed by atoms with Crippen molar-refractivity contribution in [1.29, 1.82) is 0 Å². The van der Waals surface area contributed by atoms with E-state index in [0.717, 1.165) is 55.4 Å². The van der Waals surface area contributed by atoms with Crippen molar-refractivity contribution in [2.24, 2.45) is 0 Å². The molecule has 0 saturated heterocycles. The lowest BCUT2D eigenvalue weighted by atomic mass is 10.0. The zero-order valence-electron chi connectivity index (χ0n) is 34.1. The van der Waals surface area contributed by atoms with E-state index in [9.17, 15) is 0 Å². The summed E-state index contributed by atoms with van der Waals surface area (Å²) in [6.07, 6.45) is 0. The van der Waals surface area contributed by atoms with Crippen molar-refractivity contribution in [2.75, 3.05) is 0 Å². The molecule has 0 radical (unpaired) electrons. The average molecular weight is 852 g/mol. The van der Waals surface area contributed by atoms with Crippen LogP contribution in [0, 0.1) is 0 Å². The fourth-order valence-electron chi connectivity index (χ4n) is 9.89. The Kier molecular flexibility index (Phi) is 7.72. The largest absolute Gasteiger partial charge is 0.295 e. The van der Waals surface area contributed by atoms with Gasteiger partial charge in [0.25, 0.3) is 0 Å². The lowest BCUT2D eigenvalue weighted by molar-refractivity contribution is 1.02. The first-order chi connectivity index (χ1) is 31.7. The average Bonchev–Trinajstić information content (AvgIpc) is 4.02. The van der Waals surface area contributed by atoms with Gasteiger partial charge in [-0.05, 0) is 76.5 Å². The third-order valence-electron chi connectivity index (χ3n) is 12.7. The number of para-hydroxylation sites is 3. The molecule has 7 heteroatoms. The molecule has 298 valence electrons. The SMILES string of the molecule is c1cc(-c2ccc3c(c2)sc2ccccc23)cc(-c2nc(-c3cccc(-n4c5ccccc5c5c6cccc7c6n(c54)-c4ccccc4S7)c3)nc(-c3cccc4ccccc34)n2)c1. The third kappa shape index (κ3) is 5.35. The molecule has 9 aromatic carbocycles. The Balaban J connectivity index is 0.973. The third-order valence-corrected chi connectivity index (χ3v) is 15.0. The maximum Gasteiger partial charge on any atom is 0.164 e. The molecule has 0 amide bonds. The monoisotopic (exact) mass is 851 g/mol. The topological polar surface area (TPSA) is 48.5 Å². The van der Waals surface area contributed by atoms with Crippen molar-refractivity contribution < 1.29 is 0 Å². The van der Waals surface area contributed by atoms with Crippen molar-refractivity contribution in [3.05, 3.63) is 200 Å². The number of hydrogen-bond acceptors (Lipinski definition) is 5. The Morgan fingerprint density at radius 2 is 1.03 bits per heavy atom. The molecule has 0 N–H and O–H groups in total. The second kappa shape index (κ2) is 13.8. The first kappa shape index (κ1) is 35.7. The van der Waals surface area contributed by atoms with Gasteiger partial charge in [-0.2, -0.15) is 0 Å². The van der Waals surface area contributed by atoms with Gasteiger partial charge >= 0.3 is 0 Å². The molecule has 64 heavy (non-hydrogen) atoms. The fourth-order valence-corrected chi connectivity index (χ4v) is 12.1. The van der Waals surface area contributed by atoms with Gasteiger partial charge in [0, 0.05) is 68.5 Å². The summed E-state index contributed by atoms with van der Waals surface area (Å²) in [6.45, 7) is 0. The summed E-state index contributed by atoms with van der Waals surface area (Å²) in [6, 6.07) is 71.8. The van der Waals surface area contributed by atoms with Crippen molar-refractivity contribution in [3.8, 4) is 56.7 Å². The van der Waals surface area contributed by atoms with Crippen molar-refractivity contribution in [3.63, 3.8) is 0 Å². The summed E-state index contributed by atoms with van der Waals surface area (Å²) in [7, 11) is 0. The molecule has 4 aromatic heterocycles. The van der Waals surface area contributed by atoms with Crippen molar-refractivity contribution >= 4 is 86.9 Å². The van der Waals surface area contributed by atoms with E-state index in [1.54, 1.807) is 0 Å². The molecule has 0 aliphatic carbocycles. The van der Waals surface area contributed by atoms with E-state index in [-0.39, 0.29) is 0 Å². The molecule has 0 bridgehead atoms. The Morgan fingerprint density at radius 1 is 0.391 bits per heavy atom. The van der Waals surface area contributed by atoms with Crippen LogP contribution in [0.25, 0.3) is 120 Å². The summed E-state index contributed by atoms with van der Waals surface area (Å²) in [5.74, 6) is 1.88. The summed E-state index contributed by atoms with van der Waals surface area (Å²) in [5, 5.41) is 8.56. The van der Waals surface area contributed by atoms with E-state index in [2.05, 4.69) is 209 Å². The van der Waals surface area contributed by atoms with Gasteiger partial charge in [-0.1, -0.05) is 157 Å². The van der Waals surface area contributed by atoms with E-state index in [4.69, 9.17) is 15.0 Å². The van der Waals surface area contributed by atoms with Crippen LogP contribution in [0.4, 0.5) is 0 Å². The first-order valence-corrected chi connectivity index (χ1v) is 23.1. The van der Waals surface area contributed by atoms with Gasteiger partial charge < -0.3 is 0 Å². The molecule has 5 nitrogen and oxygen atoms in total. The van der Waals surface area contributed by atoms with Crippen molar-refractivity contribution in [2.45, 2.75) is 9.79 Å². The predicted molar refractivity (Wildman–Crippen MR) is 267 cm³/mol. The normalized spacial score (nSPS) is 12.3. The fraction of sp³-hybridized carbons (Fsp3) is 0. The summed E-state index contributed by atoms with van der Waals surface area (Å²) in [4.78, 5) is 18.4. The number of fused-ring (bicyclic) bond motifs is 11. The van der Waals surface area contributed by atoms with Gasteiger partial charge in [-0.3, -0.25) is 9.13 Å². The minimum atomic E-state index is 0.616. The highest BCUT2D eigenvalue weighted by molar-refractivity contribution is 7.99. The van der Waals surface area contributed by atoms with Crippen LogP contribution in [0.15, 0.2) is 210 Å². The van der Waals surface area contributed by atoms with Gasteiger partial charge in [0.05, 0.1) is 16.7 Å². The second-order valence-corrected chi connectivity index (χ2v) is 18.5. The van der Waals surface area contributed by atoms with Crippen LogP contribution in [0.5, 0.6) is 0 Å². The molecule has 0 saturated carbocycles. The number of rotatable bonds is 5. The van der Waals surface area contributed by atoms with Crippen LogP contribution >= 0.6 is 23.1 Å². The molecule has 0 spiro atoms. The van der Waals surface area contributed by atoms with Gasteiger partial charge in [0.2, 0.25) is 0 Å². The first-order valence-electron chi connectivity index (χ1n) is 21.4. The van der Waals surface area contributed by atoms with Crippen molar-refractivity contribution in [1.82, 2.24) is 24.1 Å². The summed E-state index contributed by atoms with van der Waals surface area (Å²) < 4.78 is 7.48. The molecule has 0 atom stereocenters. The molecule has 13 aromatic rings. The van der Waals surface area contributed by atoms with Crippen LogP contribution in [0.2, 0.25) is 0 Å². The predicted octanol–water partition coefficient (Wildman–Crippen LogP) is 15.6. The van der Waals surface area contributed by atoms with Gasteiger partial charge in [0.1, 0.15) is 5.65 Å². The zero-order chi connectivity index (χ0) is 41.9. The maximum absolute atomic E-state index is 5.32. The van der Waals surface area contributed by atoms with Gasteiger partial charge in [-0.25, -0.2) is 15.0 Å². The lowest BCUT2D eigenvalue weighted by Crippen LogP contribution is -2.06. The Bertz CT molecular complexity index is 4070. The molecule has 0 unspecified atom stereocenters. The standard InChI is InChI=1S/C57H33N5S2/c1-2-19-40-34(13-1)14-11-22-43(40)56-59-54(37-16-9-15-35(31-37)36-29-30-42-41-20-4-7-26-48(41)63-51(42)33-36)58-55(60-56)38-17-10-18-39(32-38)61-46-24-5-3-21-44(46)52-45-23-12-28-50-53(45)62(57(52)61)47-25-6-8-27-49(47)64-50/h1-33H. The highest BCUT2D eigenvalue weighted by atomic mass is 32.2. The molecule has 5 heterocycles. The number of thiophene rings is 1. The molecule has 1 aliphatic rings. The molecular weight excluding hydrogens is 819 g/mol. The van der Waals surface area contributed by atoms with E-state index in [0.29, 0.717) is 17.5 Å². The number of benzene rings is 9. The number of nitrogens with zero attached hydrogens (tertiary/aromatic N) is 5. The number of aromatic nitrogens is 5. The van der Waals surface area contributed by atoms with E-state index in [1.807, 2.05) is 23.1 Å². The molecule has 1 aliphatic heterocycles. The van der Waals surface area contributed by atoms with Gasteiger partial charge in [0.15, 0.2) is 17.5 Å². The quantitative estimate of drug-likeness (QED) is 0.173. The van der Waals surface area contributed by atoms with Crippen LogP contribution < -0.4 is 0 Å². The minimum absolute atomic E-state index is 0.616. The van der Waals surface area contributed by atoms with E-state index >= 15 is 0 Å². The minimum Gasteiger partial charge on any atom is -0.295 e.